The van der Waals surface area contributed by atoms with E-state index >= 15 is 0 Å². The Balaban J connectivity index is 1.65. The number of aryl methyl sites for hydroxylation is 1. The number of benzene rings is 1. The van der Waals surface area contributed by atoms with E-state index in [2.05, 4.69) is 34.1 Å². The summed E-state index contributed by atoms with van der Waals surface area (Å²) in [5.74, 6) is -0.0168. The van der Waals surface area contributed by atoms with Gasteiger partial charge >= 0.3 is 5.97 Å². The van der Waals surface area contributed by atoms with Crippen LogP contribution in [0.1, 0.15) is 43.2 Å². The molecule has 0 bridgehead atoms. The van der Waals surface area contributed by atoms with Crippen LogP contribution in [-0.2, 0) is 22.5 Å². The summed E-state index contributed by atoms with van der Waals surface area (Å²) in [7, 11) is 0. The van der Waals surface area contributed by atoms with Crippen LogP contribution in [0.25, 0.3) is 0 Å². The predicted molar refractivity (Wildman–Crippen MR) is 105 cm³/mol. The minimum absolute atomic E-state index is 0.0168. The van der Waals surface area contributed by atoms with Crippen molar-refractivity contribution in [2.75, 3.05) is 19.7 Å². The second kappa shape index (κ2) is 9.28. The Morgan fingerprint density at radius 3 is 2.92 bits per heavy atom. The van der Waals surface area contributed by atoms with E-state index < -0.39 is 0 Å². The van der Waals surface area contributed by atoms with Gasteiger partial charge in [0.15, 0.2) is 0 Å². The first-order valence-electron chi connectivity index (χ1n) is 9.54. The Morgan fingerprint density at radius 2 is 2.19 bits per heavy atom. The van der Waals surface area contributed by atoms with Crippen molar-refractivity contribution >= 4 is 17.3 Å². The van der Waals surface area contributed by atoms with Crippen molar-refractivity contribution in [2.24, 2.45) is 5.41 Å². The Morgan fingerprint density at radius 1 is 1.35 bits per heavy atom. The summed E-state index contributed by atoms with van der Waals surface area (Å²) in [6.07, 6.45) is 6.71. The molecule has 0 aliphatic carbocycles. The van der Waals surface area contributed by atoms with E-state index in [-0.39, 0.29) is 11.4 Å². The molecule has 1 fully saturated rings. The molecule has 0 spiro atoms. The van der Waals surface area contributed by atoms with Crippen LogP contribution in [0.4, 0.5) is 0 Å². The van der Waals surface area contributed by atoms with Gasteiger partial charge in [0.05, 0.1) is 18.6 Å². The van der Waals surface area contributed by atoms with Crippen molar-refractivity contribution < 1.29 is 9.53 Å². The number of thiazole rings is 1. The maximum absolute atomic E-state index is 12.8. The van der Waals surface area contributed by atoms with Gasteiger partial charge in [0.1, 0.15) is 5.01 Å². The van der Waals surface area contributed by atoms with E-state index in [1.807, 2.05) is 24.6 Å². The van der Waals surface area contributed by atoms with Gasteiger partial charge in [-0.05, 0) is 51.1 Å². The Bertz CT molecular complexity index is 675. The molecule has 0 unspecified atom stereocenters. The first-order valence-corrected chi connectivity index (χ1v) is 10.4. The number of rotatable bonds is 8. The van der Waals surface area contributed by atoms with Crippen molar-refractivity contribution in [3.63, 3.8) is 0 Å². The zero-order valence-electron chi connectivity index (χ0n) is 15.5. The summed E-state index contributed by atoms with van der Waals surface area (Å²) in [5, 5.41) is 3.13. The lowest BCUT2D eigenvalue weighted by molar-refractivity contribution is -0.160. The zero-order valence-corrected chi connectivity index (χ0v) is 16.3. The standard InChI is InChI=1S/C21H28N2O2S/c1-2-25-20(24)21(11-6-10-18-8-4-3-5-9-18)12-7-14-23(17-21)16-19-22-13-15-26-19/h3-5,8-9,13,15H,2,6-7,10-12,14,16-17H2,1H3/t21-/m0/s1. The van der Waals surface area contributed by atoms with Gasteiger partial charge in [0.25, 0.3) is 0 Å². The van der Waals surface area contributed by atoms with Crippen LogP contribution in [0, 0.1) is 5.41 Å². The highest BCUT2D eigenvalue weighted by Crippen LogP contribution is 2.37. The molecule has 1 aromatic carbocycles. The molecule has 1 atom stereocenters. The quantitative estimate of drug-likeness (QED) is 0.648. The average Bonchev–Trinajstić information content (AvgIpc) is 3.16. The lowest BCUT2D eigenvalue weighted by atomic mass is 9.75. The van der Waals surface area contributed by atoms with Crippen LogP contribution < -0.4 is 0 Å². The summed E-state index contributed by atoms with van der Waals surface area (Å²) in [6, 6.07) is 10.5. The highest BCUT2D eigenvalue weighted by Gasteiger charge is 2.43. The number of carbonyl (C=O) groups is 1. The third-order valence-corrected chi connectivity index (χ3v) is 5.93. The first kappa shape index (κ1) is 19.1. The largest absolute Gasteiger partial charge is 0.466 e. The molecule has 0 saturated carbocycles. The smallest absolute Gasteiger partial charge is 0.313 e. The van der Waals surface area contributed by atoms with Crippen LogP contribution in [0.15, 0.2) is 41.9 Å². The van der Waals surface area contributed by atoms with Crippen molar-refractivity contribution in [3.8, 4) is 0 Å². The molecule has 2 aromatic rings. The molecule has 3 rings (SSSR count). The summed E-state index contributed by atoms with van der Waals surface area (Å²) < 4.78 is 5.49. The highest BCUT2D eigenvalue weighted by molar-refractivity contribution is 7.09. The number of hydrogen-bond donors (Lipinski definition) is 0. The summed E-state index contributed by atoms with van der Waals surface area (Å²) >= 11 is 1.68. The van der Waals surface area contributed by atoms with Gasteiger partial charge in [-0.2, -0.15) is 0 Å². The first-order chi connectivity index (χ1) is 12.7. The molecule has 1 aromatic heterocycles. The fraction of sp³-hybridized carbons (Fsp3) is 0.524. The molecule has 5 heteroatoms. The van der Waals surface area contributed by atoms with Crippen LogP contribution in [0.5, 0.6) is 0 Å². The summed E-state index contributed by atoms with van der Waals surface area (Å²) in [6.45, 7) is 4.98. The lowest BCUT2D eigenvalue weighted by Crippen LogP contribution is -2.48. The third kappa shape index (κ3) is 4.92. The molecule has 2 heterocycles. The fourth-order valence-electron chi connectivity index (χ4n) is 3.92. The predicted octanol–water partition coefficient (Wildman–Crippen LogP) is 4.31. The number of ether oxygens (including phenoxy) is 1. The fourth-order valence-corrected chi connectivity index (χ4v) is 4.57. The van der Waals surface area contributed by atoms with Crippen LogP contribution >= 0.6 is 11.3 Å². The zero-order chi connectivity index (χ0) is 18.2. The van der Waals surface area contributed by atoms with E-state index in [0.29, 0.717) is 6.61 Å². The molecular formula is C21H28N2O2S. The van der Waals surface area contributed by atoms with Gasteiger partial charge in [-0.1, -0.05) is 30.3 Å². The maximum atomic E-state index is 12.8. The van der Waals surface area contributed by atoms with E-state index in [1.54, 1.807) is 11.3 Å². The molecule has 0 radical (unpaired) electrons. The van der Waals surface area contributed by atoms with E-state index in [0.717, 1.165) is 56.7 Å². The molecule has 140 valence electrons. The maximum Gasteiger partial charge on any atom is 0.313 e. The number of likely N-dealkylation sites (tertiary alicyclic amines) is 1. The third-order valence-electron chi connectivity index (χ3n) is 5.17. The van der Waals surface area contributed by atoms with Crippen LogP contribution in [-0.4, -0.2) is 35.5 Å². The average molecular weight is 373 g/mol. The number of hydrogen-bond acceptors (Lipinski definition) is 5. The second-order valence-electron chi connectivity index (χ2n) is 7.08. The highest BCUT2D eigenvalue weighted by atomic mass is 32.1. The lowest BCUT2D eigenvalue weighted by Gasteiger charge is -2.40. The van der Waals surface area contributed by atoms with Crippen molar-refractivity contribution in [1.82, 2.24) is 9.88 Å². The van der Waals surface area contributed by atoms with E-state index in [4.69, 9.17) is 4.74 Å². The summed E-state index contributed by atoms with van der Waals surface area (Å²) in [4.78, 5) is 19.6. The van der Waals surface area contributed by atoms with Crippen LogP contribution in [0.3, 0.4) is 0 Å². The molecule has 26 heavy (non-hydrogen) atoms. The van der Waals surface area contributed by atoms with Gasteiger partial charge < -0.3 is 4.74 Å². The van der Waals surface area contributed by atoms with Gasteiger partial charge in [0.2, 0.25) is 0 Å². The monoisotopic (exact) mass is 372 g/mol. The van der Waals surface area contributed by atoms with Gasteiger partial charge in [-0.3, -0.25) is 9.69 Å². The van der Waals surface area contributed by atoms with E-state index in [9.17, 15) is 4.79 Å². The Hall–Kier alpha value is -1.72. The van der Waals surface area contributed by atoms with Crippen molar-refractivity contribution in [3.05, 3.63) is 52.5 Å². The number of carbonyl (C=O) groups excluding carboxylic acids is 1. The topological polar surface area (TPSA) is 42.4 Å². The number of nitrogens with zero attached hydrogens (tertiary/aromatic N) is 2. The van der Waals surface area contributed by atoms with Gasteiger partial charge in [0, 0.05) is 18.1 Å². The number of esters is 1. The molecule has 1 aliphatic heterocycles. The molecule has 0 amide bonds. The molecule has 1 saturated heterocycles. The van der Waals surface area contributed by atoms with Crippen LogP contribution in [0.2, 0.25) is 0 Å². The number of piperidine rings is 1. The van der Waals surface area contributed by atoms with Gasteiger partial charge in [-0.25, -0.2) is 4.98 Å². The molecule has 4 nitrogen and oxygen atoms in total. The van der Waals surface area contributed by atoms with E-state index in [1.165, 1.54) is 5.56 Å². The second-order valence-corrected chi connectivity index (χ2v) is 8.06. The normalized spacial score (nSPS) is 20.8. The minimum Gasteiger partial charge on any atom is -0.466 e. The van der Waals surface area contributed by atoms with Crippen molar-refractivity contribution in [1.29, 1.82) is 0 Å². The summed E-state index contributed by atoms with van der Waals surface area (Å²) in [5.41, 5.74) is 0.960. The minimum atomic E-state index is -0.375. The van der Waals surface area contributed by atoms with Crippen molar-refractivity contribution in [2.45, 2.75) is 45.6 Å². The molecule has 1 aliphatic rings. The Labute approximate surface area is 160 Å². The molecule has 0 N–H and O–H groups in total. The van der Waals surface area contributed by atoms with Gasteiger partial charge in [-0.15, -0.1) is 11.3 Å². The Kier molecular flexibility index (Phi) is 6.80. The number of aromatic nitrogens is 1. The SMILES string of the molecule is CCOC(=O)[C@@]1(CCCc2ccccc2)CCCN(Cc2nccs2)C1. The molecular weight excluding hydrogens is 344 g/mol.